The van der Waals surface area contributed by atoms with Gasteiger partial charge in [-0.25, -0.2) is 0 Å². The predicted molar refractivity (Wildman–Crippen MR) is 76.4 cm³/mol. The van der Waals surface area contributed by atoms with E-state index in [0.717, 1.165) is 17.0 Å². The molecule has 2 N–H and O–H groups in total. The fourth-order valence-corrected chi connectivity index (χ4v) is 2.00. The average Bonchev–Trinajstić information content (AvgIpc) is 3.15. The summed E-state index contributed by atoms with van der Waals surface area (Å²) in [5, 5.41) is 13.5. The standard InChI is InChI=1S/C15H14N4O2/c1-10-13(9-17-21-10)15(20)16-8-12-7-14(19-18-12)11-5-3-2-4-6-11/h2-7,9H,8H2,1H3,(H,16,20)(H,18,19). The van der Waals surface area contributed by atoms with Gasteiger partial charge in [0.25, 0.3) is 5.91 Å². The maximum absolute atomic E-state index is 11.9. The Labute approximate surface area is 121 Å². The maximum atomic E-state index is 11.9. The number of nitrogens with one attached hydrogen (secondary N) is 2. The van der Waals surface area contributed by atoms with Crippen LogP contribution in [0.3, 0.4) is 0 Å². The zero-order valence-corrected chi connectivity index (χ0v) is 11.5. The van der Waals surface area contributed by atoms with Crippen molar-refractivity contribution in [2.24, 2.45) is 0 Å². The molecular weight excluding hydrogens is 268 g/mol. The molecule has 3 aromatic rings. The topological polar surface area (TPSA) is 83.8 Å². The first-order chi connectivity index (χ1) is 10.2. The molecule has 0 radical (unpaired) electrons. The van der Waals surface area contributed by atoms with Gasteiger partial charge in [0.05, 0.1) is 24.1 Å². The summed E-state index contributed by atoms with van der Waals surface area (Å²) in [6.07, 6.45) is 1.41. The van der Waals surface area contributed by atoms with E-state index in [-0.39, 0.29) is 5.91 Å². The van der Waals surface area contributed by atoms with E-state index in [9.17, 15) is 4.79 Å². The smallest absolute Gasteiger partial charge is 0.256 e. The molecule has 3 rings (SSSR count). The van der Waals surface area contributed by atoms with Crippen molar-refractivity contribution in [3.63, 3.8) is 0 Å². The Kier molecular flexibility index (Phi) is 3.51. The lowest BCUT2D eigenvalue weighted by molar-refractivity contribution is 0.0949. The second-order valence-electron chi connectivity index (χ2n) is 4.62. The summed E-state index contributed by atoms with van der Waals surface area (Å²) in [6, 6.07) is 11.8. The summed E-state index contributed by atoms with van der Waals surface area (Å²) in [4.78, 5) is 11.9. The minimum Gasteiger partial charge on any atom is -0.361 e. The van der Waals surface area contributed by atoms with Gasteiger partial charge < -0.3 is 9.84 Å². The number of rotatable bonds is 4. The molecule has 0 aliphatic rings. The van der Waals surface area contributed by atoms with Crippen molar-refractivity contribution < 1.29 is 9.32 Å². The van der Waals surface area contributed by atoms with E-state index in [0.29, 0.717) is 17.9 Å². The summed E-state index contributed by atoms with van der Waals surface area (Å²) in [6.45, 7) is 2.06. The Morgan fingerprint density at radius 1 is 1.33 bits per heavy atom. The molecule has 106 valence electrons. The van der Waals surface area contributed by atoms with E-state index < -0.39 is 0 Å². The van der Waals surface area contributed by atoms with Crippen molar-refractivity contribution in [1.82, 2.24) is 20.7 Å². The number of nitrogens with zero attached hydrogens (tertiary/aromatic N) is 2. The van der Waals surface area contributed by atoms with E-state index in [1.807, 2.05) is 36.4 Å². The van der Waals surface area contributed by atoms with Crippen molar-refractivity contribution in [1.29, 1.82) is 0 Å². The molecule has 2 aromatic heterocycles. The van der Waals surface area contributed by atoms with E-state index in [2.05, 4.69) is 20.7 Å². The Morgan fingerprint density at radius 3 is 2.86 bits per heavy atom. The summed E-state index contributed by atoms with van der Waals surface area (Å²) in [7, 11) is 0. The van der Waals surface area contributed by atoms with Gasteiger partial charge in [-0.3, -0.25) is 9.89 Å². The van der Waals surface area contributed by atoms with Crippen LogP contribution in [-0.4, -0.2) is 21.3 Å². The highest BCUT2D eigenvalue weighted by Crippen LogP contribution is 2.16. The van der Waals surface area contributed by atoms with E-state index in [1.165, 1.54) is 6.20 Å². The van der Waals surface area contributed by atoms with Gasteiger partial charge in [0, 0.05) is 5.56 Å². The van der Waals surface area contributed by atoms with Gasteiger partial charge in [0.1, 0.15) is 11.3 Å². The molecule has 0 fully saturated rings. The van der Waals surface area contributed by atoms with Crippen molar-refractivity contribution in [2.75, 3.05) is 0 Å². The molecule has 0 spiro atoms. The average molecular weight is 282 g/mol. The number of H-pyrrole nitrogens is 1. The molecule has 0 saturated heterocycles. The molecule has 21 heavy (non-hydrogen) atoms. The Bertz CT molecular complexity index is 746. The molecule has 0 aliphatic heterocycles. The number of aryl methyl sites for hydroxylation is 1. The SMILES string of the molecule is Cc1oncc1C(=O)NCc1cc(-c2ccccc2)n[nH]1. The van der Waals surface area contributed by atoms with E-state index >= 15 is 0 Å². The zero-order chi connectivity index (χ0) is 14.7. The molecule has 1 amide bonds. The Morgan fingerprint density at radius 2 is 2.14 bits per heavy atom. The van der Waals surface area contributed by atoms with Crippen molar-refractivity contribution in [3.05, 3.63) is 59.6 Å². The lowest BCUT2D eigenvalue weighted by Gasteiger charge is -2.01. The summed E-state index contributed by atoms with van der Waals surface area (Å²) >= 11 is 0. The number of amides is 1. The molecule has 6 nitrogen and oxygen atoms in total. The van der Waals surface area contributed by atoms with Crippen LogP contribution in [0.5, 0.6) is 0 Å². The quantitative estimate of drug-likeness (QED) is 0.769. The first-order valence-corrected chi connectivity index (χ1v) is 6.53. The van der Waals surface area contributed by atoms with E-state index in [4.69, 9.17) is 4.52 Å². The van der Waals surface area contributed by atoms with Crippen molar-refractivity contribution in [2.45, 2.75) is 13.5 Å². The number of aromatic amines is 1. The van der Waals surface area contributed by atoms with Crippen LogP contribution in [0.4, 0.5) is 0 Å². The molecule has 0 aliphatic carbocycles. The summed E-state index contributed by atoms with van der Waals surface area (Å²) < 4.78 is 4.87. The van der Waals surface area contributed by atoms with Crippen molar-refractivity contribution in [3.8, 4) is 11.3 Å². The monoisotopic (exact) mass is 282 g/mol. The van der Waals surface area contributed by atoms with Crippen LogP contribution >= 0.6 is 0 Å². The van der Waals surface area contributed by atoms with Crippen LogP contribution < -0.4 is 5.32 Å². The van der Waals surface area contributed by atoms with Gasteiger partial charge in [-0.15, -0.1) is 0 Å². The maximum Gasteiger partial charge on any atom is 0.256 e. The highest BCUT2D eigenvalue weighted by atomic mass is 16.5. The van der Waals surface area contributed by atoms with Gasteiger partial charge in [0.15, 0.2) is 0 Å². The van der Waals surface area contributed by atoms with Crippen LogP contribution in [0.25, 0.3) is 11.3 Å². The second-order valence-corrected chi connectivity index (χ2v) is 4.62. The van der Waals surface area contributed by atoms with Crippen LogP contribution in [0.1, 0.15) is 21.8 Å². The molecule has 0 saturated carbocycles. The molecule has 1 aromatic carbocycles. The molecular formula is C15H14N4O2. The van der Waals surface area contributed by atoms with Gasteiger partial charge in [-0.2, -0.15) is 5.10 Å². The van der Waals surface area contributed by atoms with E-state index in [1.54, 1.807) is 6.92 Å². The number of benzene rings is 1. The third kappa shape index (κ3) is 2.84. The molecule has 2 heterocycles. The molecule has 0 bridgehead atoms. The van der Waals surface area contributed by atoms with Crippen LogP contribution in [0.2, 0.25) is 0 Å². The molecule has 0 atom stereocenters. The first-order valence-electron chi connectivity index (χ1n) is 6.53. The Balaban J connectivity index is 1.66. The normalized spacial score (nSPS) is 10.5. The van der Waals surface area contributed by atoms with Gasteiger partial charge in [-0.1, -0.05) is 35.5 Å². The molecule has 6 heteroatoms. The van der Waals surface area contributed by atoms with Gasteiger partial charge in [0.2, 0.25) is 0 Å². The first kappa shape index (κ1) is 13.1. The molecule has 0 unspecified atom stereocenters. The Hall–Kier alpha value is -2.89. The lowest BCUT2D eigenvalue weighted by Crippen LogP contribution is -2.23. The van der Waals surface area contributed by atoms with Gasteiger partial charge >= 0.3 is 0 Å². The van der Waals surface area contributed by atoms with Crippen LogP contribution in [0.15, 0.2) is 47.1 Å². The fraction of sp³-hybridized carbons (Fsp3) is 0.133. The predicted octanol–water partition coefficient (Wildman–Crippen LogP) is 2.30. The fourth-order valence-electron chi connectivity index (χ4n) is 2.00. The highest BCUT2D eigenvalue weighted by Gasteiger charge is 2.12. The zero-order valence-electron chi connectivity index (χ0n) is 11.5. The van der Waals surface area contributed by atoms with Crippen LogP contribution in [-0.2, 0) is 6.54 Å². The van der Waals surface area contributed by atoms with Gasteiger partial charge in [-0.05, 0) is 13.0 Å². The third-order valence-corrected chi connectivity index (χ3v) is 3.14. The number of hydrogen-bond acceptors (Lipinski definition) is 4. The third-order valence-electron chi connectivity index (χ3n) is 3.14. The van der Waals surface area contributed by atoms with Crippen molar-refractivity contribution >= 4 is 5.91 Å². The second kappa shape index (κ2) is 5.62. The number of carbonyl (C=O) groups is 1. The number of hydrogen-bond donors (Lipinski definition) is 2. The van der Waals surface area contributed by atoms with Crippen LogP contribution in [0, 0.1) is 6.92 Å². The minimum atomic E-state index is -0.218. The lowest BCUT2D eigenvalue weighted by atomic mass is 10.1. The number of aromatic nitrogens is 3. The largest absolute Gasteiger partial charge is 0.361 e. The minimum absolute atomic E-state index is 0.218. The summed E-state index contributed by atoms with van der Waals surface area (Å²) in [5.74, 6) is 0.284. The highest BCUT2D eigenvalue weighted by molar-refractivity contribution is 5.94. The number of carbonyl (C=O) groups excluding carboxylic acids is 1. The summed E-state index contributed by atoms with van der Waals surface area (Å²) in [5.41, 5.74) is 3.15.